The van der Waals surface area contributed by atoms with E-state index in [2.05, 4.69) is 39.9 Å². The summed E-state index contributed by atoms with van der Waals surface area (Å²) in [5, 5.41) is 5.60. The summed E-state index contributed by atoms with van der Waals surface area (Å²) < 4.78 is 0. The topological polar surface area (TPSA) is 29.5 Å². The number of aryl methyl sites for hydroxylation is 1. The zero-order valence-electron chi connectivity index (χ0n) is 8.81. The van der Waals surface area contributed by atoms with Gasteiger partial charge in [-0.3, -0.25) is 0 Å². The fourth-order valence-electron chi connectivity index (χ4n) is 1.47. The van der Waals surface area contributed by atoms with Crippen LogP contribution in [0.25, 0.3) is 0 Å². The van der Waals surface area contributed by atoms with Gasteiger partial charge in [0, 0.05) is 16.6 Å². The fourth-order valence-corrected chi connectivity index (χ4v) is 2.24. The molecule has 0 atom stereocenters. The van der Waals surface area contributed by atoms with Crippen LogP contribution in [0.4, 0.5) is 0 Å². The molecule has 0 spiro atoms. The van der Waals surface area contributed by atoms with Gasteiger partial charge in [0.1, 0.15) is 18.1 Å². The molecule has 2 nitrogen and oxygen atoms in total. The van der Waals surface area contributed by atoms with E-state index in [9.17, 15) is 0 Å². The first-order chi connectivity index (χ1) is 7.34. The van der Waals surface area contributed by atoms with Gasteiger partial charge in [0.25, 0.3) is 0 Å². The molecule has 78 valence electrons. The van der Waals surface area contributed by atoms with E-state index in [1.807, 2.05) is 13.0 Å². The Morgan fingerprint density at radius 3 is 2.67 bits per heavy atom. The Morgan fingerprint density at radius 1 is 1.20 bits per heavy atom. The lowest BCUT2D eigenvalue weighted by Crippen LogP contribution is -2.80. The van der Waals surface area contributed by atoms with Crippen molar-refractivity contribution in [2.75, 3.05) is 0 Å². The van der Waals surface area contributed by atoms with Crippen LogP contribution in [0.15, 0.2) is 35.7 Å². The first kappa shape index (κ1) is 10.3. The Balaban J connectivity index is 1.80. The lowest BCUT2D eigenvalue weighted by Gasteiger charge is -1.99. The van der Waals surface area contributed by atoms with Gasteiger partial charge in [-0.05, 0) is 6.92 Å². The van der Waals surface area contributed by atoms with Gasteiger partial charge in [-0.25, -0.2) is 4.98 Å². The largest absolute Gasteiger partial charge is 0.337 e. The summed E-state index contributed by atoms with van der Waals surface area (Å²) in [4.78, 5) is 4.43. The van der Waals surface area contributed by atoms with E-state index in [0.717, 1.165) is 18.8 Å². The predicted octanol–water partition coefficient (Wildman–Crippen LogP) is 1.72. The molecule has 2 aromatic rings. The van der Waals surface area contributed by atoms with E-state index >= 15 is 0 Å². The third-order valence-corrected chi connectivity index (χ3v) is 3.20. The van der Waals surface area contributed by atoms with Crippen LogP contribution in [-0.2, 0) is 13.1 Å². The van der Waals surface area contributed by atoms with Crippen LogP contribution < -0.4 is 5.32 Å². The Morgan fingerprint density at radius 2 is 2.00 bits per heavy atom. The highest BCUT2D eigenvalue weighted by molar-refractivity contribution is 7.09. The van der Waals surface area contributed by atoms with Crippen LogP contribution in [0, 0.1) is 6.92 Å². The second-order valence-electron chi connectivity index (χ2n) is 3.57. The molecule has 2 rings (SSSR count). The Labute approximate surface area is 94.0 Å². The van der Waals surface area contributed by atoms with Crippen molar-refractivity contribution in [1.82, 2.24) is 4.98 Å². The predicted molar refractivity (Wildman–Crippen MR) is 62.6 cm³/mol. The molecular formula is C12H15N2S+. The van der Waals surface area contributed by atoms with Crippen molar-refractivity contribution in [1.29, 1.82) is 0 Å². The van der Waals surface area contributed by atoms with Gasteiger partial charge in [-0.1, -0.05) is 30.3 Å². The zero-order chi connectivity index (χ0) is 10.5. The Bertz CT molecular complexity index is 409. The van der Waals surface area contributed by atoms with E-state index in [1.54, 1.807) is 11.3 Å². The molecule has 15 heavy (non-hydrogen) atoms. The standard InChI is InChI=1S/C12H14N2S/c1-10-9-15-12(14-10)8-13-7-11-5-3-2-4-6-11/h2-6,9,13H,7-8H2,1H3/p+1. The van der Waals surface area contributed by atoms with Gasteiger partial charge in [-0.15, -0.1) is 11.3 Å². The molecular weight excluding hydrogens is 204 g/mol. The summed E-state index contributed by atoms with van der Waals surface area (Å²) in [5.41, 5.74) is 2.49. The quantitative estimate of drug-likeness (QED) is 0.833. The molecule has 0 radical (unpaired) electrons. The minimum atomic E-state index is 0.980. The normalized spacial score (nSPS) is 10.5. The minimum absolute atomic E-state index is 0.980. The van der Waals surface area contributed by atoms with Gasteiger partial charge in [0.2, 0.25) is 0 Å². The SMILES string of the molecule is Cc1csc(C[NH2+]Cc2ccccc2)n1. The lowest BCUT2D eigenvalue weighted by molar-refractivity contribution is -0.686. The summed E-state index contributed by atoms with van der Waals surface area (Å²) in [6.07, 6.45) is 0. The molecule has 1 heterocycles. The van der Waals surface area contributed by atoms with E-state index in [4.69, 9.17) is 0 Å². The van der Waals surface area contributed by atoms with Gasteiger partial charge in [0.15, 0.2) is 0 Å². The third-order valence-electron chi connectivity index (χ3n) is 2.21. The number of nitrogens with two attached hydrogens (primary N) is 1. The van der Waals surface area contributed by atoms with Crippen LogP contribution in [-0.4, -0.2) is 4.98 Å². The maximum Gasteiger partial charge on any atom is 0.147 e. The molecule has 0 saturated heterocycles. The highest BCUT2D eigenvalue weighted by Gasteiger charge is 2.00. The Kier molecular flexibility index (Phi) is 3.48. The van der Waals surface area contributed by atoms with Crippen molar-refractivity contribution in [3.63, 3.8) is 0 Å². The number of thiazole rings is 1. The van der Waals surface area contributed by atoms with Crippen LogP contribution in [0.3, 0.4) is 0 Å². The summed E-state index contributed by atoms with van der Waals surface area (Å²) in [5.74, 6) is 0. The van der Waals surface area contributed by atoms with Crippen molar-refractivity contribution in [3.8, 4) is 0 Å². The number of nitrogens with zero attached hydrogens (tertiary/aromatic N) is 1. The maximum absolute atomic E-state index is 4.43. The molecule has 0 bridgehead atoms. The molecule has 0 amide bonds. The summed E-state index contributed by atoms with van der Waals surface area (Å²) in [6.45, 7) is 4.05. The first-order valence-corrected chi connectivity index (χ1v) is 5.99. The number of aromatic nitrogens is 1. The van der Waals surface area contributed by atoms with Crippen molar-refractivity contribution < 1.29 is 5.32 Å². The third kappa shape index (κ3) is 3.15. The second-order valence-corrected chi connectivity index (χ2v) is 4.51. The average Bonchev–Trinajstić information content (AvgIpc) is 2.66. The van der Waals surface area contributed by atoms with Crippen LogP contribution >= 0.6 is 11.3 Å². The van der Waals surface area contributed by atoms with E-state index in [0.29, 0.717) is 0 Å². The monoisotopic (exact) mass is 219 g/mol. The van der Waals surface area contributed by atoms with E-state index in [-0.39, 0.29) is 0 Å². The second kappa shape index (κ2) is 5.05. The fraction of sp³-hybridized carbons (Fsp3) is 0.250. The zero-order valence-corrected chi connectivity index (χ0v) is 9.63. The summed E-state index contributed by atoms with van der Waals surface area (Å²) in [7, 11) is 0. The minimum Gasteiger partial charge on any atom is -0.337 e. The van der Waals surface area contributed by atoms with E-state index < -0.39 is 0 Å². The van der Waals surface area contributed by atoms with Gasteiger partial charge in [-0.2, -0.15) is 0 Å². The lowest BCUT2D eigenvalue weighted by atomic mass is 10.2. The molecule has 0 aliphatic rings. The van der Waals surface area contributed by atoms with Crippen molar-refractivity contribution in [2.45, 2.75) is 20.0 Å². The van der Waals surface area contributed by atoms with Crippen molar-refractivity contribution in [3.05, 3.63) is 52.0 Å². The molecule has 0 aliphatic heterocycles. The molecule has 0 saturated carbocycles. The Hall–Kier alpha value is -1.19. The molecule has 1 aromatic heterocycles. The highest BCUT2D eigenvalue weighted by Crippen LogP contribution is 2.06. The van der Waals surface area contributed by atoms with Crippen molar-refractivity contribution in [2.24, 2.45) is 0 Å². The van der Waals surface area contributed by atoms with Crippen LogP contribution in [0.1, 0.15) is 16.3 Å². The van der Waals surface area contributed by atoms with E-state index in [1.165, 1.54) is 10.6 Å². The summed E-state index contributed by atoms with van der Waals surface area (Å²) in [6, 6.07) is 10.5. The van der Waals surface area contributed by atoms with Crippen LogP contribution in [0.2, 0.25) is 0 Å². The molecule has 0 fully saturated rings. The number of benzene rings is 1. The van der Waals surface area contributed by atoms with Crippen LogP contribution in [0.5, 0.6) is 0 Å². The first-order valence-electron chi connectivity index (χ1n) is 5.11. The van der Waals surface area contributed by atoms with Gasteiger partial charge < -0.3 is 5.32 Å². The number of quaternary nitrogens is 1. The van der Waals surface area contributed by atoms with Gasteiger partial charge >= 0.3 is 0 Å². The molecule has 0 aliphatic carbocycles. The number of hydrogen-bond acceptors (Lipinski definition) is 2. The highest BCUT2D eigenvalue weighted by atomic mass is 32.1. The average molecular weight is 219 g/mol. The number of hydrogen-bond donors (Lipinski definition) is 1. The smallest absolute Gasteiger partial charge is 0.147 e. The molecule has 3 heteroatoms. The van der Waals surface area contributed by atoms with Crippen molar-refractivity contribution >= 4 is 11.3 Å². The maximum atomic E-state index is 4.43. The molecule has 0 unspecified atom stereocenters. The van der Waals surface area contributed by atoms with Gasteiger partial charge in [0.05, 0.1) is 0 Å². The molecule has 2 N–H and O–H groups in total. The number of rotatable bonds is 4. The summed E-state index contributed by atoms with van der Waals surface area (Å²) >= 11 is 1.74. The molecule has 1 aromatic carbocycles.